The van der Waals surface area contributed by atoms with E-state index in [0.717, 1.165) is 0 Å². The average molecular weight is 169 g/mol. The summed E-state index contributed by atoms with van der Waals surface area (Å²) in [4.78, 5) is 0. The van der Waals surface area contributed by atoms with Crippen LogP contribution < -0.4 is 16.2 Å². The predicted octanol–water partition coefficient (Wildman–Crippen LogP) is 0.384. The van der Waals surface area contributed by atoms with Gasteiger partial charge in [0.15, 0.2) is 0 Å². The van der Waals surface area contributed by atoms with Gasteiger partial charge in [0.05, 0.1) is 0 Å². The fraction of sp³-hybridized carbons (Fsp3) is 1.00. The van der Waals surface area contributed by atoms with Gasteiger partial charge >= 0.3 is 0 Å². The molecular weight excluding hydrogens is 150 g/mol. The van der Waals surface area contributed by atoms with Crippen molar-refractivity contribution in [1.29, 1.82) is 0 Å². The zero-order valence-electron chi connectivity index (χ0n) is 7.77. The lowest BCUT2D eigenvalue weighted by Crippen LogP contribution is -2.49. The molecule has 2 rings (SSSR count). The molecule has 0 aromatic heterocycles. The molecule has 3 nitrogen and oxygen atoms in total. The molecule has 0 aliphatic carbocycles. The Balaban J connectivity index is 1.83. The molecule has 3 unspecified atom stereocenters. The van der Waals surface area contributed by atoms with Gasteiger partial charge in [0.25, 0.3) is 0 Å². The van der Waals surface area contributed by atoms with Gasteiger partial charge in [-0.15, -0.1) is 0 Å². The SMILES string of the molecule is CC1CC(C2CCCCN2)NN1. The Labute approximate surface area is 74.3 Å². The minimum Gasteiger partial charge on any atom is -0.312 e. The van der Waals surface area contributed by atoms with E-state index in [-0.39, 0.29) is 0 Å². The van der Waals surface area contributed by atoms with Gasteiger partial charge in [0.1, 0.15) is 0 Å². The summed E-state index contributed by atoms with van der Waals surface area (Å²) >= 11 is 0. The van der Waals surface area contributed by atoms with E-state index in [2.05, 4.69) is 23.1 Å². The first-order valence-corrected chi connectivity index (χ1v) is 5.11. The van der Waals surface area contributed by atoms with E-state index in [1.807, 2.05) is 0 Å². The van der Waals surface area contributed by atoms with Crippen molar-refractivity contribution in [3.05, 3.63) is 0 Å². The number of hydrogen-bond donors (Lipinski definition) is 3. The lowest BCUT2D eigenvalue weighted by atomic mass is 9.95. The van der Waals surface area contributed by atoms with Crippen molar-refractivity contribution in [2.24, 2.45) is 0 Å². The molecule has 0 aromatic carbocycles. The fourth-order valence-electron chi connectivity index (χ4n) is 2.24. The van der Waals surface area contributed by atoms with Crippen LogP contribution in [0.3, 0.4) is 0 Å². The molecule has 0 radical (unpaired) electrons. The van der Waals surface area contributed by atoms with Crippen molar-refractivity contribution in [2.75, 3.05) is 6.54 Å². The topological polar surface area (TPSA) is 36.1 Å². The number of hydrazine groups is 1. The van der Waals surface area contributed by atoms with E-state index in [1.165, 1.54) is 32.2 Å². The van der Waals surface area contributed by atoms with Crippen molar-refractivity contribution >= 4 is 0 Å². The molecule has 0 aromatic rings. The van der Waals surface area contributed by atoms with Crippen molar-refractivity contribution in [1.82, 2.24) is 16.2 Å². The minimum absolute atomic E-state index is 0.638. The van der Waals surface area contributed by atoms with Crippen LogP contribution in [0.4, 0.5) is 0 Å². The summed E-state index contributed by atoms with van der Waals surface area (Å²) in [5, 5.41) is 3.58. The van der Waals surface area contributed by atoms with Gasteiger partial charge in [-0.05, 0) is 32.7 Å². The van der Waals surface area contributed by atoms with E-state index >= 15 is 0 Å². The lowest BCUT2D eigenvalue weighted by Gasteiger charge is -2.28. The van der Waals surface area contributed by atoms with Crippen LogP contribution in [0.1, 0.15) is 32.6 Å². The number of nitrogens with one attached hydrogen (secondary N) is 3. The normalized spacial score (nSPS) is 43.2. The summed E-state index contributed by atoms with van der Waals surface area (Å²) in [6, 6.07) is 2.00. The van der Waals surface area contributed by atoms with Crippen molar-refractivity contribution in [3.63, 3.8) is 0 Å². The molecule has 3 atom stereocenters. The predicted molar refractivity (Wildman–Crippen MR) is 49.8 cm³/mol. The van der Waals surface area contributed by atoms with Crippen LogP contribution >= 0.6 is 0 Å². The second-order valence-electron chi connectivity index (χ2n) is 4.09. The molecule has 0 saturated carbocycles. The van der Waals surface area contributed by atoms with E-state index in [4.69, 9.17) is 0 Å². The Kier molecular flexibility index (Phi) is 2.63. The van der Waals surface area contributed by atoms with Crippen molar-refractivity contribution in [3.8, 4) is 0 Å². The maximum Gasteiger partial charge on any atom is 0.0381 e. The number of piperidine rings is 1. The third-order valence-corrected chi connectivity index (χ3v) is 2.96. The summed E-state index contributed by atoms with van der Waals surface area (Å²) in [7, 11) is 0. The second-order valence-corrected chi connectivity index (χ2v) is 4.09. The van der Waals surface area contributed by atoms with Crippen LogP contribution in [-0.4, -0.2) is 24.7 Å². The van der Waals surface area contributed by atoms with Crippen LogP contribution in [0.5, 0.6) is 0 Å². The Morgan fingerprint density at radius 3 is 2.58 bits per heavy atom. The monoisotopic (exact) mass is 169 g/mol. The summed E-state index contributed by atoms with van der Waals surface area (Å²) < 4.78 is 0. The summed E-state index contributed by atoms with van der Waals surface area (Å²) in [5.41, 5.74) is 6.64. The molecular formula is C9H19N3. The molecule has 0 spiro atoms. The first-order chi connectivity index (χ1) is 5.86. The van der Waals surface area contributed by atoms with E-state index in [9.17, 15) is 0 Å². The smallest absolute Gasteiger partial charge is 0.0381 e. The first-order valence-electron chi connectivity index (χ1n) is 5.11. The van der Waals surface area contributed by atoms with Gasteiger partial charge in [0, 0.05) is 18.1 Å². The Hall–Kier alpha value is -0.120. The minimum atomic E-state index is 0.638. The highest BCUT2D eigenvalue weighted by molar-refractivity contribution is 4.89. The van der Waals surface area contributed by atoms with Crippen molar-refractivity contribution in [2.45, 2.75) is 50.7 Å². The van der Waals surface area contributed by atoms with Gasteiger partial charge in [-0.2, -0.15) is 0 Å². The highest BCUT2D eigenvalue weighted by Crippen LogP contribution is 2.16. The summed E-state index contributed by atoms with van der Waals surface area (Å²) in [6.07, 6.45) is 5.35. The summed E-state index contributed by atoms with van der Waals surface area (Å²) in [5.74, 6) is 0. The number of rotatable bonds is 1. The van der Waals surface area contributed by atoms with Crippen LogP contribution in [0, 0.1) is 0 Å². The van der Waals surface area contributed by atoms with Crippen molar-refractivity contribution < 1.29 is 0 Å². The van der Waals surface area contributed by atoms with Crippen LogP contribution in [-0.2, 0) is 0 Å². The van der Waals surface area contributed by atoms with Gasteiger partial charge in [0.2, 0.25) is 0 Å². The molecule has 2 saturated heterocycles. The molecule has 0 amide bonds. The van der Waals surface area contributed by atoms with Gasteiger partial charge in [-0.3, -0.25) is 10.9 Å². The Morgan fingerprint density at radius 2 is 2.00 bits per heavy atom. The van der Waals surface area contributed by atoms with Crippen LogP contribution in [0.25, 0.3) is 0 Å². The average Bonchev–Trinajstić information content (AvgIpc) is 2.54. The highest BCUT2D eigenvalue weighted by atomic mass is 15.4. The van der Waals surface area contributed by atoms with E-state index in [1.54, 1.807) is 0 Å². The molecule has 3 N–H and O–H groups in total. The standard InChI is InChI=1S/C9H19N3/c1-7-6-9(12-11-7)8-4-2-3-5-10-8/h7-12H,2-6H2,1H3. The molecule has 0 bridgehead atoms. The Bertz CT molecular complexity index is 140. The fourth-order valence-corrected chi connectivity index (χ4v) is 2.24. The largest absolute Gasteiger partial charge is 0.312 e. The molecule has 2 heterocycles. The molecule has 3 heteroatoms. The quantitative estimate of drug-likeness (QED) is 0.531. The molecule has 2 aliphatic rings. The highest BCUT2D eigenvalue weighted by Gasteiger charge is 2.28. The first kappa shape index (κ1) is 8.48. The third-order valence-electron chi connectivity index (χ3n) is 2.96. The zero-order valence-corrected chi connectivity index (χ0v) is 7.77. The lowest BCUT2D eigenvalue weighted by molar-refractivity contribution is 0.324. The van der Waals surface area contributed by atoms with Gasteiger partial charge < -0.3 is 5.32 Å². The zero-order chi connectivity index (χ0) is 8.39. The van der Waals surface area contributed by atoms with Gasteiger partial charge in [-0.25, -0.2) is 0 Å². The van der Waals surface area contributed by atoms with E-state index < -0.39 is 0 Å². The summed E-state index contributed by atoms with van der Waals surface area (Å²) in [6.45, 7) is 3.44. The second kappa shape index (κ2) is 3.73. The molecule has 2 fully saturated rings. The molecule has 12 heavy (non-hydrogen) atoms. The maximum absolute atomic E-state index is 3.58. The van der Waals surface area contributed by atoms with Crippen LogP contribution in [0.15, 0.2) is 0 Å². The maximum atomic E-state index is 3.58. The van der Waals surface area contributed by atoms with E-state index in [0.29, 0.717) is 18.1 Å². The Morgan fingerprint density at radius 1 is 1.08 bits per heavy atom. The van der Waals surface area contributed by atoms with Crippen LogP contribution in [0.2, 0.25) is 0 Å². The molecule has 70 valence electrons. The molecule has 2 aliphatic heterocycles. The third kappa shape index (κ3) is 1.79. The van der Waals surface area contributed by atoms with Gasteiger partial charge in [-0.1, -0.05) is 6.42 Å². The number of hydrogen-bond acceptors (Lipinski definition) is 3.